The lowest BCUT2D eigenvalue weighted by Gasteiger charge is -2.25. The summed E-state index contributed by atoms with van der Waals surface area (Å²) < 4.78 is 0. The van der Waals surface area contributed by atoms with Gasteiger partial charge in [-0.25, -0.2) is 0 Å². The summed E-state index contributed by atoms with van der Waals surface area (Å²) in [6, 6.07) is 6.90. The number of benzene rings is 1. The Morgan fingerprint density at radius 1 is 1.39 bits per heavy atom. The summed E-state index contributed by atoms with van der Waals surface area (Å²) in [5.74, 6) is -0.553. The monoisotopic (exact) mass is 339 g/mol. The third kappa shape index (κ3) is 5.22. The van der Waals surface area contributed by atoms with Crippen molar-refractivity contribution >= 4 is 35.0 Å². The normalized spacial score (nSPS) is 17.3. The van der Waals surface area contributed by atoms with E-state index < -0.39 is 0 Å². The molecule has 0 bridgehead atoms. The van der Waals surface area contributed by atoms with Crippen LogP contribution in [0.15, 0.2) is 24.3 Å². The van der Waals surface area contributed by atoms with E-state index in [1.807, 2.05) is 0 Å². The summed E-state index contributed by atoms with van der Waals surface area (Å²) in [5, 5.41) is 5.83. The highest BCUT2D eigenvalue weighted by molar-refractivity contribution is 6.33. The molecule has 1 fully saturated rings. The van der Waals surface area contributed by atoms with Crippen molar-refractivity contribution in [3.63, 3.8) is 0 Å². The van der Waals surface area contributed by atoms with Crippen molar-refractivity contribution in [3.05, 3.63) is 29.3 Å². The van der Waals surface area contributed by atoms with E-state index in [4.69, 9.17) is 11.6 Å². The van der Waals surface area contributed by atoms with Gasteiger partial charge in [0, 0.05) is 7.05 Å². The van der Waals surface area contributed by atoms with Gasteiger partial charge >= 0.3 is 0 Å². The van der Waals surface area contributed by atoms with Gasteiger partial charge in [-0.3, -0.25) is 14.4 Å². The highest BCUT2D eigenvalue weighted by atomic mass is 35.5. The number of amides is 3. The van der Waals surface area contributed by atoms with E-state index in [0.29, 0.717) is 23.8 Å². The minimum Gasteiger partial charge on any atom is -0.346 e. The van der Waals surface area contributed by atoms with E-state index in [2.05, 4.69) is 10.6 Å². The van der Waals surface area contributed by atoms with Crippen LogP contribution in [0.3, 0.4) is 0 Å². The van der Waals surface area contributed by atoms with Crippen LogP contribution in [0, 0.1) is 0 Å². The Kier molecular flexibility index (Phi) is 5.95. The molecule has 1 unspecified atom stereocenters. The van der Waals surface area contributed by atoms with E-state index in [1.54, 1.807) is 31.3 Å². The number of quaternary nitrogens is 1. The molecule has 1 saturated heterocycles. The highest BCUT2D eigenvalue weighted by Crippen LogP contribution is 2.20. The zero-order valence-electron chi connectivity index (χ0n) is 12.9. The Morgan fingerprint density at radius 2 is 2.13 bits per heavy atom. The van der Waals surface area contributed by atoms with Crippen LogP contribution in [0.2, 0.25) is 5.02 Å². The molecule has 2 rings (SSSR count). The predicted octanol–water partition coefficient (Wildman–Crippen LogP) is -1.25. The van der Waals surface area contributed by atoms with Crippen molar-refractivity contribution in [1.82, 2.24) is 10.2 Å². The average Bonchev–Trinajstić information content (AvgIpc) is 2.49. The molecule has 3 amide bonds. The number of halogens is 1. The molecular formula is C15H20ClN4O3+. The van der Waals surface area contributed by atoms with Crippen LogP contribution in [0.4, 0.5) is 5.69 Å². The molecule has 1 aromatic rings. The molecule has 0 aliphatic carbocycles. The molecule has 1 aromatic carbocycles. The second-order valence-electron chi connectivity index (χ2n) is 5.48. The molecular weight excluding hydrogens is 320 g/mol. The first-order valence-corrected chi connectivity index (χ1v) is 7.72. The maximum Gasteiger partial charge on any atom is 0.277 e. The predicted molar refractivity (Wildman–Crippen MR) is 86.3 cm³/mol. The molecule has 7 nitrogen and oxygen atoms in total. The summed E-state index contributed by atoms with van der Waals surface area (Å²) >= 11 is 5.97. The van der Waals surface area contributed by atoms with Crippen molar-refractivity contribution in [2.45, 2.75) is 0 Å². The number of hydrogen-bond donors (Lipinski definition) is 3. The van der Waals surface area contributed by atoms with Crippen molar-refractivity contribution in [3.8, 4) is 0 Å². The van der Waals surface area contributed by atoms with Crippen LogP contribution in [-0.4, -0.2) is 62.4 Å². The molecule has 0 saturated carbocycles. The minimum absolute atomic E-state index is 0.0573. The summed E-state index contributed by atoms with van der Waals surface area (Å²) in [6.45, 7) is 1.69. The van der Waals surface area contributed by atoms with Crippen LogP contribution in [0.5, 0.6) is 0 Å². The number of hydrogen-bond acceptors (Lipinski definition) is 3. The lowest BCUT2D eigenvalue weighted by atomic mass is 10.3. The van der Waals surface area contributed by atoms with Crippen LogP contribution in [0.1, 0.15) is 0 Å². The highest BCUT2D eigenvalue weighted by Gasteiger charge is 2.24. The average molecular weight is 340 g/mol. The third-order valence-corrected chi connectivity index (χ3v) is 3.90. The first-order valence-electron chi connectivity index (χ1n) is 7.34. The molecule has 1 aliphatic heterocycles. The molecule has 23 heavy (non-hydrogen) atoms. The first kappa shape index (κ1) is 17.2. The molecule has 124 valence electrons. The summed E-state index contributed by atoms with van der Waals surface area (Å²) in [5.41, 5.74) is 0.512. The number of carbonyl (C=O) groups is 3. The fourth-order valence-corrected chi connectivity index (χ4v) is 2.50. The molecule has 1 atom stereocenters. The van der Waals surface area contributed by atoms with Gasteiger partial charge in [0.2, 0.25) is 5.91 Å². The Morgan fingerprint density at radius 3 is 2.83 bits per heavy atom. The summed E-state index contributed by atoms with van der Waals surface area (Å²) in [4.78, 5) is 37.7. The number of piperazine rings is 1. The standard InChI is InChI=1S/C15H19ClN4O3/c1-19(15(23)10-20-7-6-17-13(21)9-20)8-14(22)18-12-5-3-2-4-11(12)16/h2-5H,6-10H2,1H3,(H,17,21)(H,18,22)/p+1. The zero-order valence-corrected chi connectivity index (χ0v) is 13.7. The molecule has 1 aliphatic rings. The number of nitrogens with zero attached hydrogens (tertiary/aromatic N) is 1. The maximum atomic E-state index is 12.1. The molecule has 1 heterocycles. The van der Waals surface area contributed by atoms with Gasteiger partial charge in [-0.05, 0) is 12.1 Å². The topological polar surface area (TPSA) is 82.9 Å². The molecule has 8 heteroatoms. The van der Waals surface area contributed by atoms with Crippen molar-refractivity contribution in [2.75, 3.05) is 45.1 Å². The van der Waals surface area contributed by atoms with Gasteiger partial charge in [0.15, 0.2) is 13.1 Å². The zero-order chi connectivity index (χ0) is 16.8. The van der Waals surface area contributed by atoms with Gasteiger partial charge < -0.3 is 20.4 Å². The van der Waals surface area contributed by atoms with Gasteiger partial charge in [-0.1, -0.05) is 23.7 Å². The smallest absolute Gasteiger partial charge is 0.277 e. The fourth-order valence-electron chi connectivity index (χ4n) is 2.31. The van der Waals surface area contributed by atoms with Gasteiger partial charge in [-0.15, -0.1) is 0 Å². The second kappa shape index (κ2) is 7.94. The van der Waals surface area contributed by atoms with Gasteiger partial charge in [0.1, 0.15) is 0 Å². The SMILES string of the molecule is CN(CC(=O)Nc1ccccc1Cl)C(=O)C[NH+]1CCNC(=O)C1. The van der Waals surface area contributed by atoms with Crippen molar-refractivity contribution < 1.29 is 19.3 Å². The number of para-hydroxylation sites is 1. The Balaban J connectivity index is 1.82. The molecule has 3 N–H and O–H groups in total. The van der Waals surface area contributed by atoms with E-state index in [0.717, 1.165) is 4.90 Å². The number of carbonyl (C=O) groups excluding carboxylic acids is 3. The van der Waals surface area contributed by atoms with E-state index in [1.165, 1.54) is 4.90 Å². The first-order chi connectivity index (χ1) is 11.0. The van der Waals surface area contributed by atoms with E-state index in [-0.39, 0.29) is 37.4 Å². The van der Waals surface area contributed by atoms with E-state index >= 15 is 0 Å². The Hall–Kier alpha value is -2.12. The van der Waals surface area contributed by atoms with Gasteiger partial charge in [-0.2, -0.15) is 0 Å². The third-order valence-electron chi connectivity index (χ3n) is 3.57. The number of likely N-dealkylation sites (N-methyl/N-ethyl adjacent to an activating group) is 1. The van der Waals surface area contributed by atoms with Gasteiger partial charge in [0.05, 0.1) is 30.3 Å². The lowest BCUT2D eigenvalue weighted by Crippen LogP contribution is -3.16. The molecule has 0 aromatic heterocycles. The Bertz CT molecular complexity index is 608. The minimum atomic E-state index is -0.319. The molecule has 0 spiro atoms. The number of rotatable bonds is 5. The maximum absolute atomic E-state index is 12.1. The second-order valence-corrected chi connectivity index (χ2v) is 5.89. The quantitative estimate of drug-likeness (QED) is 0.627. The van der Waals surface area contributed by atoms with Crippen LogP contribution >= 0.6 is 11.6 Å². The van der Waals surface area contributed by atoms with Crippen LogP contribution in [0.25, 0.3) is 0 Å². The van der Waals surface area contributed by atoms with Crippen LogP contribution < -0.4 is 15.5 Å². The Labute approximate surface area is 139 Å². The number of nitrogens with one attached hydrogen (secondary N) is 3. The van der Waals surface area contributed by atoms with Crippen molar-refractivity contribution in [2.24, 2.45) is 0 Å². The van der Waals surface area contributed by atoms with E-state index in [9.17, 15) is 14.4 Å². The largest absolute Gasteiger partial charge is 0.346 e. The summed E-state index contributed by atoms with van der Waals surface area (Å²) in [6.07, 6.45) is 0. The number of anilines is 1. The van der Waals surface area contributed by atoms with Crippen molar-refractivity contribution in [1.29, 1.82) is 0 Å². The molecule has 0 radical (unpaired) electrons. The van der Waals surface area contributed by atoms with Gasteiger partial charge in [0.25, 0.3) is 11.8 Å². The lowest BCUT2D eigenvalue weighted by molar-refractivity contribution is -0.885. The summed E-state index contributed by atoms with van der Waals surface area (Å²) in [7, 11) is 1.57. The fraction of sp³-hybridized carbons (Fsp3) is 0.400. The van der Waals surface area contributed by atoms with Crippen LogP contribution in [-0.2, 0) is 14.4 Å².